The molecule has 5 rings (SSSR count). The predicted octanol–water partition coefficient (Wildman–Crippen LogP) is 7.51. The minimum absolute atomic E-state index is 0.754. The average Bonchev–Trinajstić information content (AvgIpc) is 3.56. The molecular formula is C30H33NO3S. The lowest BCUT2D eigenvalue weighted by Gasteiger charge is -2.14. The zero-order valence-corrected chi connectivity index (χ0v) is 21.4. The van der Waals surface area contributed by atoms with Crippen LogP contribution < -0.4 is 14.2 Å². The summed E-state index contributed by atoms with van der Waals surface area (Å²) in [5.74, 6) is 2.66. The van der Waals surface area contributed by atoms with E-state index < -0.39 is 0 Å². The van der Waals surface area contributed by atoms with E-state index in [-0.39, 0.29) is 0 Å². The topological polar surface area (TPSA) is 30.9 Å². The van der Waals surface area contributed by atoms with Gasteiger partial charge in [-0.15, -0.1) is 11.3 Å². The van der Waals surface area contributed by atoms with E-state index in [1.165, 1.54) is 70.6 Å². The van der Waals surface area contributed by atoms with Crippen molar-refractivity contribution in [2.45, 2.75) is 25.7 Å². The van der Waals surface area contributed by atoms with Gasteiger partial charge >= 0.3 is 0 Å². The van der Waals surface area contributed by atoms with Crippen LogP contribution in [0.4, 0.5) is 0 Å². The van der Waals surface area contributed by atoms with Gasteiger partial charge in [-0.2, -0.15) is 0 Å². The van der Waals surface area contributed by atoms with Gasteiger partial charge in [0.1, 0.15) is 17.2 Å². The Labute approximate surface area is 212 Å². The van der Waals surface area contributed by atoms with E-state index in [1.807, 2.05) is 18.2 Å². The van der Waals surface area contributed by atoms with Gasteiger partial charge in [0.2, 0.25) is 0 Å². The molecule has 4 nitrogen and oxygen atoms in total. The van der Waals surface area contributed by atoms with E-state index in [0.29, 0.717) is 0 Å². The smallest absolute Gasteiger partial charge is 0.120 e. The van der Waals surface area contributed by atoms with Crippen LogP contribution in [0.2, 0.25) is 0 Å². The summed E-state index contributed by atoms with van der Waals surface area (Å²) in [6, 6.07) is 23.1. The molecule has 1 fully saturated rings. The van der Waals surface area contributed by atoms with Gasteiger partial charge in [-0.1, -0.05) is 12.1 Å². The average molecular weight is 488 g/mol. The number of benzene rings is 3. The molecule has 35 heavy (non-hydrogen) atoms. The van der Waals surface area contributed by atoms with Crippen LogP contribution in [-0.4, -0.2) is 45.4 Å². The first-order chi connectivity index (χ1) is 17.2. The van der Waals surface area contributed by atoms with E-state index in [9.17, 15) is 0 Å². The summed E-state index contributed by atoms with van der Waals surface area (Å²) in [6.07, 6.45) is 4.98. The minimum atomic E-state index is 0.754. The van der Waals surface area contributed by atoms with Gasteiger partial charge in [-0.05, 0) is 111 Å². The third-order valence-electron chi connectivity index (χ3n) is 6.71. The molecule has 5 heteroatoms. The third-order valence-corrected chi connectivity index (χ3v) is 7.91. The Kier molecular flexibility index (Phi) is 7.55. The second-order valence-electron chi connectivity index (χ2n) is 9.03. The van der Waals surface area contributed by atoms with Gasteiger partial charge in [-0.3, -0.25) is 0 Å². The highest BCUT2D eigenvalue weighted by Gasteiger charge is 2.17. The zero-order valence-electron chi connectivity index (χ0n) is 20.6. The molecule has 0 saturated carbocycles. The van der Waals surface area contributed by atoms with Crippen LogP contribution in [0.15, 0.2) is 66.7 Å². The van der Waals surface area contributed by atoms with Crippen LogP contribution in [0.3, 0.4) is 0 Å². The van der Waals surface area contributed by atoms with Gasteiger partial charge in [0, 0.05) is 20.5 Å². The van der Waals surface area contributed by atoms with Crippen LogP contribution >= 0.6 is 11.3 Å². The van der Waals surface area contributed by atoms with Gasteiger partial charge in [0.15, 0.2) is 0 Å². The van der Waals surface area contributed by atoms with E-state index in [4.69, 9.17) is 14.2 Å². The summed E-state index contributed by atoms with van der Waals surface area (Å²) >= 11 is 1.79. The molecule has 0 aliphatic carbocycles. The molecule has 0 radical (unpaired) electrons. The summed E-state index contributed by atoms with van der Waals surface area (Å²) in [7, 11) is 3.41. The van der Waals surface area contributed by atoms with Gasteiger partial charge in [0.25, 0.3) is 0 Å². The summed E-state index contributed by atoms with van der Waals surface area (Å²) in [5.41, 5.74) is 3.58. The highest BCUT2D eigenvalue weighted by atomic mass is 32.1. The SMILES string of the molecule is COc1ccc(-c2sc3cc(OC)ccc3c2-c2cccc(OCCCCN3CCCC3)c2)cc1. The Morgan fingerprint density at radius 2 is 1.54 bits per heavy atom. The van der Waals surface area contributed by atoms with E-state index in [2.05, 4.69) is 53.4 Å². The first kappa shape index (κ1) is 23.7. The number of rotatable bonds is 10. The molecule has 1 aromatic heterocycles. The third kappa shape index (κ3) is 5.47. The molecule has 1 aliphatic heterocycles. The summed E-state index contributed by atoms with van der Waals surface area (Å²) in [6.45, 7) is 4.48. The predicted molar refractivity (Wildman–Crippen MR) is 146 cm³/mol. The van der Waals surface area contributed by atoms with Gasteiger partial charge < -0.3 is 19.1 Å². The fraction of sp³-hybridized carbons (Fsp3) is 0.333. The fourth-order valence-electron chi connectivity index (χ4n) is 4.81. The molecule has 0 unspecified atom stereocenters. The Bertz CT molecular complexity index is 1260. The molecule has 2 heterocycles. The molecule has 182 valence electrons. The lowest BCUT2D eigenvalue weighted by molar-refractivity contribution is 0.280. The number of hydrogen-bond donors (Lipinski definition) is 0. The van der Waals surface area contributed by atoms with E-state index in [0.717, 1.165) is 30.3 Å². The van der Waals surface area contributed by atoms with Gasteiger partial charge in [0.05, 0.1) is 20.8 Å². The lowest BCUT2D eigenvalue weighted by Crippen LogP contribution is -2.20. The van der Waals surface area contributed by atoms with Crippen molar-refractivity contribution in [3.05, 3.63) is 66.7 Å². The standard InChI is InChI=1S/C30H33NO3S/c1-32-24-12-10-22(11-13-24)30-29(27-15-14-25(33-2)21-28(27)35-30)23-8-7-9-26(20-23)34-19-6-5-18-31-16-3-4-17-31/h7-15,20-21H,3-6,16-19H2,1-2H3. The molecule has 4 aromatic rings. The van der Waals surface area contributed by atoms with Crippen LogP contribution in [0.1, 0.15) is 25.7 Å². The number of ether oxygens (including phenoxy) is 3. The first-order valence-electron chi connectivity index (χ1n) is 12.5. The normalized spacial score (nSPS) is 13.9. The monoisotopic (exact) mass is 487 g/mol. The molecule has 1 aliphatic rings. The second kappa shape index (κ2) is 11.1. The van der Waals surface area contributed by atoms with Gasteiger partial charge in [-0.25, -0.2) is 0 Å². The first-order valence-corrected chi connectivity index (χ1v) is 13.3. The number of hydrogen-bond acceptors (Lipinski definition) is 5. The van der Waals surface area contributed by atoms with Crippen molar-refractivity contribution in [2.75, 3.05) is 40.5 Å². The van der Waals surface area contributed by atoms with Crippen molar-refractivity contribution in [2.24, 2.45) is 0 Å². The van der Waals surface area contributed by atoms with Crippen LogP contribution in [0.5, 0.6) is 17.2 Å². The van der Waals surface area contributed by atoms with Crippen molar-refractivity contribution >= 4 is 21.4 Å². The van der Waals surface area contributed by atoms with Crippen molar-refractivity contribution in [1.82, 2.24) is 4.90 Å². The zero-order chi connectivity index (χ0) is 24.0. The van der Waals surface area contributed by atoms with E-state index >= 15 is 0 Å². The lowest BCUT2D eigenvalue weighted by atomic mass is 9.98. The maximum Gasteiger partial charge on any atom is 0.120 e. The van der Waals surface area contributed by atoms with E-state index in [1.54, 1.807) is 25.6 Å². The molecule has 0 spiro atoms. The Balaban J connectivity index is 1.40. The molecule has 0 N–H and O–H groups in total. The minimum Gasteiger partial charge on any atom is -0.497 e. The molecule has 1 saturated heterocycles. The number of methoxy groups -OCH3 is 2. The van der Waals surface area contributed by atoms with Crippen molar-refractivity contribution in [3.63, 3.8) is 0 Å². The molecule has 0 amide bonds. The number of fused-ring (bicyclic) bond motifs is 1. The second-order valence-corrected chi connectivity index (χ2v) is 10.1. The molecule has 3 aromatic carbocycles. The number of unbranched alkanes of at least 4 members (excludes halogenated alkanes) is 1. The fourth-order valence-corrected chi connectivity index (χ4v) is 6.07. The maximum atomic E-state index is 6.18. The number of likely N-dealkylation sites (tertiary alicyclic amines) is 1. The summed E-state index contributed by atoms with van der Waals surface area (Å²) < 4.78 is 18.3. The van der Waals surface area contributed by atoms with Crippen LogP contribution in [-0.2, 0) is 0 Å². The highest BCUT2D eigenvalue weighted by Crippen LogP contribution is 2.46. The summed E-state index contributed by atoms with van der Waals surface area (Å²) in [5, 5.41) is 1.23. The molecule has 0 bridgehead atoms. The maximum absolute atomic E-state index is 6.18. The quantitative estimate of drug-likeness (QED) is 0.217. The largest absolute Gasteiger partial charge is 0.497 e. The van der Waals surface area contributed by atoms with Crippen molar-refractivity contribution < 1.29 is 14.2 Å². The molecular weight excluding hydrogens is 454 g/mol. The Morgan fingerprint density at radius 1 is 0.771 bits per heavy atom. The highest BCUT2D eigenvalue weighted by molar-refractivity contribution is 7.23. The molecule has 0 atom stereocenters. The van der Waals surface area contributed by atoms with Crippen molar-refractivity contribution in [3.8, 4) is 38.8 Å². The van der Waals surface area contributed by atoms with Crippen molar-refractivity contribution in [1.29, 1.82) is 0 Å². The van der Waals surface area contributed by atoms with Crippen LogP contribution in [0.25, 0.3) is 31.7 Å². The Morgan fingerprint density at radius 3 is 2.31 bits per heavy atom. The number of thiophene rings is 1. The summed E-state index contributed by atoms with van der Waals surface area (Å²) in [4.78, 5) is 3.80. The Hall–Kier alpha value is -3.02. The number of nitrogens with zero attached hydrogens (tertiary/aromatic N) is 1. The van der Waals surface area contributed by atoms with Crippen LogP contribution in [0, 0.1) is 0 Å².